The standard InChI is InChI=1S/C14H23N5O/c1-2-4-11-5-3-9-19(10-8-11)14(20)12-6-7-13(16-15)18-17-12/h6-7,11H,2-5,8-10,15H2,1H3,(H,16,18). The quantitative estimate of drug-likeness (QED) is 0.647. The van der Waals surface area contributed by atoms with Gasteiger partial charge in [-0.05, 0) is 37.3 Å². The summed E-state index contributed by atoms with van der Waals surface area (Å²) >= 11 is 0. The fourth-order valence-corrected chi connectivity index (χ4v) is 2.75. The smallest absolute Gasteiger partial charge is 0.274 e. The minimum Gasteiger partial charge on any atom is -0.337 e. The third-order valence-electron chi connectivity index (χ3n) is 3.86. The van der Waals surface area contributed by atoms with E-state index in [2.05, 4.69) is 22.5 Å². The summed E-state index contributed by atoms with van der Waals surface area (Å²) < 4.78 is 0. The summed E-state index contributed by atoms with van der Waals surface area (Å²) in [6.45, 7) is 3.86. The van der Waals surface area contributed by atoms with Gasteiger partial charge in [0.1, 0.15) is 0 Å². The number of nitrogens with one attached hydrogen (secondary N) is 1. The number of nitrogens with two attached hydrogens (primary N) is 1. The second kappa shape index (κ2) is 7.19. The molecular formula is C14H23N5O. The second-order valence-electron chi connectivity index (χ2n) is 5.33. The maximum atomic E-state index is 12.4. The number of amides is 1. The molecule has 1 saturated heterocycles. The number of anilines is 1. The molecule has 0 saturated carbocycles. The van der Waals surface area contributed by atoms with Gasteiger partial charge >= 0.3 is 0 Å². The summed E-state index contributed by atoms with van der Waals surface area (Å²) in [7, 11) is 0. The summed E-state index contributed by atoms with van der Waals surface area (Å²) in [6.07, 6.45) is 5.87. The minimum atomic E-state index is -0.0294. The summed E-state index contributed by atoms with van der Waals surface area (Å²) in [6, 6.07) is 3.33. The monoisotopic (exact) mass is 277 g/mol. The van der Waals surface area contributed by atoms with Gasteiger partial charge in [0.2, 0.25) is 0 Å². The Morgan fingerprint density at radius 3 is 2.90 bits per heavy atom. The van der Waals surface area contributed by atoms with Crippen LogP contribution < -0.4 is 11.3 Å². The first-order valence-corrected chi connectivity index (χ1v) is 7.34. The lowest BCUT2D eigenvalue weighted by atomic mass is 9.96. The van der Waals surface area contributed by atoms with E-state index in [4.69, 9.17) is 5.84 Å². The van der Waals surface area contributed by atoms with Gasteiger partial charge in [-0.15, -0.1) is 10.2 Å². The van der Waals surface area contributed by atoms with Gasteiger partial charge < -0.3 is 10.3 Å². The van der Waals surface area contributed by atoms with Gasteiger partial charge in [0.05, 0.1) is 0 Å². The van der Waals surface area contributed by atoms with E-state index in [9.17, 15) is 4.79 Å². The Balaban J connectivity index is 1.97. The topological polar surface area (TPSA) is 84.1 Å². The average molecular weight is 277 g/mol. The van der Waals surface area contributed by atoms with Crippen molar-refractivity contribution < 1.29 is 4.79 Å². The average Bonchev–Trinajstić information content (AvgIpc) is 2.73. The molecule has 6 nitrogen and oxygen atoms in total. The molecule has 0 radical (unpaired) electrons. The van der Waals surface area contributed by atoms with E-state index < -0.39 is 0 Å². The van der Waals surface area contributed by atoms with E-state index in [1.807, 2.05) is 4.90 Å². The van der Waals surface area contributed by atoms with Crippen molar-refractivity contribution in [3.63, 3.8) is 0 Å². The number of rotatable bonds is 4. The van der Waals surface area contributed by atoms with E-state index >= 15 is 0 Å². The van der Waals surface area contributed by atoms with Crippen molar-refractivity contribution in [2.24, 2.45) is 11.8 Å². The van der Waals surface area contributed by atoms with Gasteiger partial charge in [-0.2, -0.15) is 0 Å². The highest BCUT2D eigenvalue weighted by Gasteiger charge is 2.22. The summed E-state index contributed by atoms with van der Waals surface area (Å²) in [5.41, 5.74) is 2.79. The van der Waals surface area contributed by atoms with Crippen LogP contribution in [0.1, 0.15) is 49.5 Å². The van der Waals surface area contributed by atoms with Gasteiger partial charge in [0, 0.05) is 13.1 Å². The molecule has 0 spiro atoms. The number of nitrogen functional groups attached to an aromatic ring is 1. The van der Waals surface area contributed by atoms with Crippen molar-refractivity contribution in [1.82, 2.24) is 15.1 Å². The van der Waals surface area contributed by atoms with E-state index in [1.54, 1.807) is 12.1 Å². The third kappa shape index (κ3) is 3.66. The van der Waals surface area contributed by atoms with Crippen LogP contribution in [-0.2, 0) is 0 Å². The highest BCUT2D eigenvalue weighted by molar-refractivity contribution is 5.92. The van der Waals surface area contributed by atoms with Crippen LogP contribution in [0.2, 0.25) is 0 Å². The highest BCUT2D eigenvalue weighted by atomic mass is 16.2. The molecule has 2 rings (SSSR count). The maximum absolute atomic E-state index is 12.4. The van der Waals surface area contributed by atoms with Crippen LogP contribution in [0.3, 0.4) is 0 Å². The Labute approximate surface area is 119 Å². The Kier molecular flexibility index (Phi) is 5.29. The van der Waals surface area contributed by atoms with Gasteiger partial charge in [-0.1, -0.05) is 19.8 Å². The van der Waals surface area contributed by atoms with Crippen LogP contribution in [-0.4, -0.2) is 34.1 Å². The fourth-order valence-electron chi connectivity index (χ4n) is 2.75. The van der Waals surface area contributed by atoms with Crippen LogP contribution in [0.25, 0.3) is 0 Å². The van der Waals surface area contributed by atoms with Crippen LogP contribution in [0.5, 0.6) is 0 Å². The van der Waals surface area contributed by atoms with Crippen LogP contribution in [0.4, 0.5) is 5.82 Å². The number of hydrogen-bond acceptors (Lipinski definition) is 5. The van der Waals surface area contributed by atoms with Crippen molar-refractivity contribution in [2.75, 3.05) is 18.5 Å². The number of hydrazine groups is 1. The fraction of sp³-hybridized carbons (Fsp3) is 0.643. The number of carbonyl (C=O) groups is 1. The largest absolute Gasteiger partial charge is 0.337 e. The van der Waals surface area contributed by atoms with Crippen molar-refractivity contribution in [3.8, 4) is 0 Å². The van der Waals surface area contributed by atoms with Gasteiger partial charge in [-0.3, -0.25) is 4.79 Å². The lowest BCUT2D eigenvalue weighted by Crippen LogP contribution is -2.32. The zero-order chi connectivity index (χ0) is 14.4. The minimum absolute atomic E-state index is 0.0294. The number of carbonyl (C=O) groups excluding carboxylic acids is 1. The second-order valence-corrected chi connectivity index (χ2v) is 5.33. The molecule has 1 amide bonds. The normalized spacial score (nSPS) is 19.5. The van der Waals surface area contributed by atoms with E-state index in [0.717, 1.165) is 31.8 Å². The lowest BCUT2D eigenvalue weighted by molar-refractivity contribution is 0.0753. The van der Waals surface area contributed by atoms with Crippen molar-refractivity contribution in [1.29, 1.82) is 0 Å². The van der Waals surface area contributed by atoms with Gasteiger partial charge in [0.25, 0.3) is 5.91 Å². The number of aromatic nitrogens is 2. The van der Waals surface area contributed by atoms with E-state index in [1.165, 1.54) is 19.3 Å². The predicted molar refractivity (Wildman–Crippen MR) is 78.0 cm³/mol. The molecule has 1 aromatic rings. The molecule has 2 heterocycles. The highest BCUT2D eigenvalue weighted by Crippen LogP contribution is 2.22. The molecule has 110 valence electrons. The molecule has 0 aliphatic carbocycles. The van der Waals surface area contributed by atoms with Gasteiger partial charge in [0.15, 0.2) is 11.5 Å². The zero-order valence-corrected chi connectivity index (χ0v) is 12.0. The maximum Gasteiger partial charge on any atom is 0.274 e. The summed E-state index contributed by atoms with van der Waals surface area (Å²) in [5.74, 6) is 6.42. The molecule has 1 unspecified atom stereocenters. The molecule has 1 aromatic heterocycles. The third-order valence-corrected chi connectivity index (χ3v) is 3.86. The zero-order valence-electron chi connectivity index (χ0n) is 12.0. The van der Waals surface area contributed by atoms with Crippen molar-refractivity contribution >= 4 is 11.7 Å². The number of hydrogen-bond donors (Lipinski definition) is 2. The van der Waals surface area contributed by atoms with E-state index in [-0.39, 0.29) is 5.91 Å². The summed E-state index contributed by atoms with van der Waals surface area (Å²) in [4.78, 5) is 14.3. The lowest BCUT2D eigenvalue weighted by Gasteiger charge is -2.20. The van der Waals surface area contributed by atoms with Crippen LogP contribution in [0, 0.1) is 5.92 Å². The van der Waals surface area contributed by atoms with Crippen LogP contribution >= 0.6 is 0 Å². The molecule has 3 N–H and O–H groups in total. The Morgan fingerprint density at radius 2 is 2.25 bits per heavy atom. The Bertz CT molecular complexity index is 434. The number of likely N-dealkylation sites (tertiary alicyclic amines) is 1. The van der Waals surface area contributed by atoms with Crippen molar-refractivity contribution in [3.05, 3.63) is 17.8 Å². The molecule has 6 heteroatoms. The predicted octanol–water partition coefficient (Wildman–Crippen LogP) is 1.80. The molecule has 1 aliphatic rings. The number of nitrogens with zero attached hydrogens (tertiary/aromatic N) is 3. The SMILES string of the molecule is CCCC1CCCN(C(=O)c2ccc(NN)nn2)CC1. The first kappa shape index (κ1) is 14.7. The van der Waals surface area contributed by atoms with Gasteiger partial charge in [-0.25, -0.2) is 5.84 Å². The molecule has 1 aliphatic heterocycles. The van der Waals surface area contributed by atoms with Crippen LogP contribution in [0.15, 0.2) is 12.1 Å². The molecule has 1 atom stereocenters. The molecular weight excluding hydrogens is 254 g/mol. The Hall–Kier alpha value is -1.69. The first-order chi connectivity index (χ1) is 9.74. The first-order valence-electron chi connectivity index (χ1n) is 7.34. The molecule has 0 bridgehead atoms. The van der Waals surface area contributed by atoms with Crippen molar-refractivity contribution in [2.45, 2.75) is 39.0 Å². The molecule has 0 aromatic carbocycles. The summed E-state index contributed by atoms with van der Waals surface area (Å²) in [5, 5.41) is 7.77. The molecule has 20 heavy (non-hydrogen) atoms. The Morgan fingerprint density at radius 1 is 1.40 bits per heavy atom. The van der Waals surface area contributed by atoms with E-state index in [0.29, 0.717) is 11.5 Å². The molecule has 1 fully saturated rings.